The molecular formula is C22H23FN4O. The van der Waals surface area contributed by atoms with Gasteiger partial charge >= 0.3 is 0 Å². The van der Waals surface area contributed by atoms with Crippen molar-refractivity contribution in [3.63, 3.8) is 0 Å². The first kappa shape index (κ1) is 18.5. The van der Waals surface area contributed by atoms with Crippen LogP contribution in [0.15, 0.2) is 52.6 Å². The number of benzene rings is 1. The molecule has 2 heterocycles. The molecule has 4 atom stereocenters. The van der Waals surface area contributed by atoms with Crippen LogP contribution in [-0.4, -0.2) is 53.9 Å². The third-order valence-corrected chi connectivity index (χ3v) is 5.38. The van der Waals surface area contributed by atoms with Crippen LogP contribution in [0.2, 0.25) is 0 Å². The number of piperidine rings is 1. The summed E-state index contributed by atoms with van der Waals surface area (Å²) < 4.78 is 13.9. The Bertz CT molecular complexity index is 917. The molecule has 1 fully saturated rings. The van der Waals surface area contributed by atoms with Crippen molar-refractivity contribution in [2.75, 3.05) is 20.1 Å². The largest absolute Gasteiger partial charge is 0.507 e. The fraction of sp³-hybridized carbons (Fsp3) is 0.364. The number of hydrogen-bond acceptors (Lipinski definition) is 4. The zero-order chi connectivity index (χ0) is 19.7. The van der Waals surface area contributed by atoms with Crippen molar-refractivity contribution in [3.8, 4) is 18.1 Å². The number of halogens is 1. The number of likely N-dealkylation sites (N-methyl/N-ethyl adjacent to an activating group) is 1. The molecule has 0 aromatic heterocycles. The number of aromatic hydroxyl groups is 1. The van der Waals surface area contributed by atoms with Gasteiger partial charge in [-0.05, 0) is 25.2 Å². The molecule has 6 heteroatoms. The number of terminal acetylenes is 1. The van der Waals surface area contributed by atoms with Gasteiger partial charge in [0, 0.05) is 42.5 Å². The number of hydrazone groups is 1. The quantitative estimate of drug-likeness (QED) is 0.778. The summed E-state index contributed by atoms with van der Waals surface area (Å²) in [6.45, 7) is 1.19. The first-order valence-corrected chi connectivity index (χ1v) is 9.44. The van der Waals surface area contributed by atoms with Crippen molar-refractivity contribution in [2.45, 2.75) is 18.6 Å². The minimum absolute atomic E-state index is 0.0329. The lowest BCUT2D eigenvalue weighted by Crippen LogP contribution is -2.45. The molecule has 0 spiro atoms. The average molecular weight is 378 g/mol. The second-order valence-corrected chi connectivity index (χ2v) is 7.53. The number of phenols is 1. The highest BCUT2D eigenvalue weighted by molar-refractivity contribution is 6.10. The number of phenolic OH excluding ortho intramolecular Hbond substituents is 1. The van der Waals surface area contributed by atoms with Gasteiger partial charge in [0.2, 0.25) is 0 Å². The Morgan fingerprint density at radius 3 is 2.79 bits per heavy atom. The Morgan fingerprint density at radius 2 is 2.07 bits per heavy atom. The van der Waals surface area contributed by atoms with Crippen molar-refractivity contribution in [1.82, 2.24) is 10.3 Å². The molecule has 2 aliphatic heterocycles. The Balaban J connectivity index is 1.66. The molecule has 0 saturated carbocycles. The number of alkyl halides is 1. The molecule has 144 valence electrons. The van der Waals surface area contributed by atoms with Crippen molar-refractivity contribution in [1.29, 1.82) is 0 Å². The minimum Gasteiger partial charge on any atom is -0.507 e. The van der Waals surface area contributed by atoms with Gasteiger partial charge in [0.15, 0.2) is 0 Å². The van der Waals surface area contributed by atoms with Crippen LogP contribution >= 0.6 is 0 Å². The number of aliphatic imine (C=N–C) groups is 1. The van der Waals surface area contributed by atoms with Crippen LogP contribution in [0.5, 0.6) is 5.75 Å². The summed E-state index contributed by atoms with van der Waals surface area (Å²) >= 11 is 0. The van der Waals surface area contributed by atoms with Gasteiger partial charge in [-0.1, -0.05) is 30.2 Å². The predicted molar refractivity (Wildman–Crippen MR) is 109 cm³/mol. The Kier molecular flexibility index (Phi) is 5.01. The molecule has 0 amide bonds. The van der Waals surface area contributed by atoms with E-state index in [1.54, 1.807) is 18.2 Å². The molecule has 3 aliphatic rings. The molecule has 1 aliphatic carbocycles. The zero-order valence-electron chi connectivity index (χ0n) is 15.7. The van der Waals surface area contributed by atoms with E-state index in [0.717, 1.165) is 18.1 Å². The van der Waals surface area contributed by atoms with Gasteiger partial charge < -0.3 is 10.0 Å². The smallest absolute Gasteiger partial charge is 0.125 e. The molecular weight excluding hydrogens is 355 g/mol. The number of allylic oxidation sites excluding steroid dienone is 3. The molecule has 1 aromatic rings. The van der Waals surface area contributed by atoms with E-state index in [0.29, 0.717) is 24.1 Å². The van der Waals surface area contributed by atoms with E-state index < -0.39 is 6.17 Å². The summed E-state index contributed by atoms with van der Waals surface area (Å²) in [6.07, 6.45) is 13.0. The molecule has 1 aromatic carbocycles. The maximum Gasteiger partial charge on any atom is 0.125 e. The average Bonchev–Trinajstić information content (AvgIpc) is 2.68. The van der Waals surface area contributed by atoms with Gasteiger partial charge in [0.25, 0.3) is 0 Å². The van der Waals surface area contributed by atoms with Crippen LogP contribution in [-0.2, 0) is 0 Å². The highest BCUT2D eigenvalue weighted by Crippen LogP contribution is 2.32. The van der Waals surface area contributed by atoms with Crippen molar-refractivity contribution in [2.24, 2.45) is 21.9 Å². The summed E-state index contributed by atoms with van der Waals surface area (Å²) in [7, 11) is 1.91. The van der Waals surface area contributed by atoms with Gasteiger partial charge in [-0.3, -0.25) is 10.4 Å². The predicted octanol–water partition coefficient (Wildman–Crippen LogP) is 2.48. The van der Waals surface area contributed by atoms with Gasteiger partial charge in [-0.15, -0.1) is 6.42 Å². The van der Waals surface area contributed by atoms with E-state index in [4.69, 9.17) is 11.4 Å². The van der Waals surface area contributed by atoms with E-state index in [9.17, 15) is 9.50 Å². The van der Waals surface area contributed by atoms with Gasteiger partial charge in [-0.2, -0.15) is 5.10 Å². The molecule has 28 heavy (non-hydrogen) atoms. The topological polar surface area (TPSA) is 60.2 Å². The molecule has 2 N–H and O–H groups in total. The normalized spacial score (nSPS) is 31.0. The van der Waals surface area contributed by atoms with Crippen LogP contribution in [0.25, 0.3) is 0 Å². The van der Waals surface area contributed by atoms with Crippen LogP contribution in [0, 0.1) is 24.2 Å². The monoisotopic (exact) mass is 378 g/mol. The number of hydrogen-bond donors (Lipinski definition) is 2. The van der Waals surface area contributed by atoms with E-state index in [1.807, 2.05) is 24.1 Å². The molecule has 0 radical (unpaired) electrons. The molecule has 4 rings (SSSR count). The summed E-state index contributed by atoms with van der Waals surface area (Å²) in [6, 6.07) is 5.05. The SMILES string of the molecule is C#Cc1ccc(C2=NNC(=NC3C[C@@H](F)CN(C)C3)C3C=CC=CC23)c(O)c1. The van der Waals surface area contributed by atoms with Crippen molar-refractivity contribution < 1.29 is 9.50 Å². The molecule has 5 nitrogen and oxygen atoms in total. The number of nitrogens with one attached hydrogen (secondary N) is 1. The second-order valence-electron chi connectivity index (χ2n) is 7.53. The third kappa shape index (κ3) is 3.58. The first-order chi connectivity index (χ1) is 13.5. The highest BCUT2D eigenvalue weighted by Gasteiger charge is 2.35. The number of rotatable bonds is 2. The lowest BCUT2D eigenvalue weighted by atomic mass is 9.80. The second kappa shape index (κ2) is 7.61. The Labute approximate surface area is 164 Å². The van der Waals surface area contributed by atoms with Crippen molar-refractivity contribution in [3.05, 3.63) is 53.6 Å². The third-order valence-electron chi connectivity index (χ3n) is 5.38. The van der Waals surface area contributed by atoms with Gasteiger partial charge in [-0.25, -0.2) is 4.39 Å². The Morgan fingerprint density at radius 1 is 1.29 bits per heavy atom. The summed E-state index contributed by atoms with van der Waals surface area (Å²) in [5, 5.41) is 14.9. The summed E-state index contributed by atoms with van der Waals surface area (Å²) in [4.78, 5) is 6.77. The number of amidine groups is 1. The summed E-state index contributed by atoms with van der Waals surface area (Å²) in [5.74, 6) is 3.27. The van der Waals surface area contributed by atoms with E-state index in [1.165, 1.54) is 0 Å². The van der Waals surface area contributed by atoms with Gasteiger partial charge in [0.1, 0.15) is 17.8 Å². The number of nitrogens with zero attached hydrogens (tertiary/aromatic N) is 3. The van der Waals surface area contributed by atoms with Crippen molar-refractivity contribution >= 4 is 11.5 Å². The number of likely N-dealkylation sites (tertiary alicyclic amines) is 1. The maximum absolute atomic E-state index is 13.9. The molecule has 0 bridgehead atoms. The standard InChI is InChI=1S/C22H23FN4O/c1-3-14-8-9-19(20(28)10-14)21-17-6-4-5-7-18(17)22(26-25-21)24-16-11-15(23)12-27(2)13-16/h1,4-10,15-18,28H,11-13H2,2H3,(H,24,26)/t15-,16?,17?,18?/m1/s1. The number of fused-ring (bicyclic) bond motifs is 1. The van der Waals surface area contributed by atoms with Crippen LogP contribution in [0.1, 0.15) is 17.5 Å². The first-order valence-electron chi connectivity index (χ1n) is 9.44. The molecule has 3 unspecified atom stereocenters. The van der Waals surface area contributed by atoms with Crippen LogP contribution < -0.4 is 5.43 Å². The highest BCUT2D eigenvalue weighted by atomic mass is 19.1. The van der Waals surface area contributed by atoms with Crippen LogP contribution in [0.3, 0.4) is 0 Å². The fourth-order valence-electron chi connectivity index (χ4n) is 4.10. The lowest BCUT2D eigenvalue weighted by molar-refractivity contribution is 0.147. The van der Waals surface area contributed by atoms with E-state index >= 15 is 0 Å². The van der Waals surface area contributed by atoms with E-state index in [-0.39, 0.29) is 23.6 Å². The maximum atomic E-state index is 13.9. The lowest BCUT2D eigenvalue weighted by Gasteiger charge is -2.34. The molecule has 1 saturated heterocycles. The Hall–Kier alpha value is -2.91. The van der Waals surface area contributed by atoms with E-state index in [2.05, 4.69) is 28.6 Å². The summed E-state index contributed by atoms with van der Waals surface area (Å²) in [5.41, 5.74) is 5.05. The van der Waals surface area contributed by atoms with Crippen LogP contribution in [0.4, 0.5) is 4.39 Å². The minimum atomic E-state index is -0.861. The van der Waals surface area contributed by atoms with Gasteiger partial charge in [0.05, 0.1) is 11.8 Å². The zero-order valence-corrected chi connectivity index (χ0v) is 15.7. The fourth-order valence-corrected chi connectivity index (χ4v) is 4.10.